The summed E-state index contributed by atoms with van der Waals surface area (Å²) < 4.78 is 15.9. The van der Waals surface area contributed by atoms with E-state index in [9.17, 15) is 4.21 Å². The molecule has 0 aromatic heterocycles. The molecule has 8 heteroatoms. The number of hydrogen-bond donors (Lipinski definition) is 2. The molecule has 2 atom stereocenters. The average Bonchev–Trinajstić information content (AvgIpc) is 3.15. The van der Waals surface area contributed by atoms with Gasteiger partial charge < -0.3 is 5.32 Å². The van der Waals surface area contributed by atoms with Gasteiger partial charge in [-0.2, -0.15) is 5.10 Å². The molecule has 144 valence electrons. The lowest BCUT2D eigenvalue weighted by molar-refractivity contribution is 0.377. The van der Waals surface area contributed by atoms with Gasteiger partial charge in [-0.3, -0.25) is 9.71 Å². The zero-order valence-corrected chi connectivity index (χ0v) is 16.9. The van der Waals surface area contributed by atoms with E-state index in [1.807, 2.05) is 23.4 Å². The monoisotopic (exact) mass is 397 g/mol. The number of hydrazone groups is 1. The predicted octanol–water partition coefficient (Wildman–Crippen LogP) is 2.72. The Morgan fingerprint density at radius 3 is 3.00 bits per heavy atom. The van der Waals surface area contributed by atoms with Gasteiger partial charge in [-0.25, -0.2) is 9.22 Å². The van der Waals surface area contributed by atoms with Gasteiger partial charge in [0.15, 0.2) is 11.0 Å². The summed E-state index contributed by atoms with van der Waals surface area (Å²) in [7, 11) is -1.43. The van der Waals surface area contributed by atoms with Crippen LogP contribution in [0, 0.1) is 11.8 Å². The minimum absolute atomic E-state index is 0.409. The van der Waals surface area contributed by atoms with Crippen molar-refractivity contribution in [3.63, 3.8) is 0 Å². The summed E-state index contributed by atoms with van der Waals surface area (Å²) in [5, 5.41) is 10.3. The van der Waals surface area contributed by atoms with Crippen LogP contribution in [-0.2, 0) is 11.0 Å². The van der Waals surface area contributed by atoms with E-state index in [0.29, 0.717) is 27.7 Å². The topological polar surface area (TPSA) is 69.1 Å². The second-order valence-corrected chi connectivity index (χ2v) is 8.59. The van der Waals surface area contributed by atoms with Crippen LogP contribution in [0.1, 0.15) is 39.0 Å². The van der Waals surface area contributed by atoms with E-state index >= 15 is 0 Å². The van der Waals surface area contributed by atoms with Crippen LogP contribution in [0.2, 0.25) is 0 Å². The Morgan fingerprint density at radius 2 is 2.31 bits per heavy atom. The van der Waals surface area contributed by atoms with E-state index < -0.39 is 11.0 Å². The molecule has 2 aliphatic heterocycles. The lowest BCUT2D eigenvalue weighted by Crippen LogP contribution is -2.40. The van der Waals surface area contributed by atoms with E-state index in [-0.39, 0.29) is 0 Å². The smallest absolute Gasteiger partial charge is 0.227 e. The molecule has 0 bridgehead atoms. The van der Waals surface area contributed by atoms with E-state index in [0.717, 1.165) is 58.3 Å². The van der Waals surface area contributed by atoms with Crippen molar-refractivity contribution < 1.29 is 4.21 Å². The fourth-order valence-electron chi connectivity index (χ4n) is 3.23. The second kappa shape index (κ2) is 9.67. The first kappa shape index (κ1) is 19.6. The fraction of sp³-hybridized carbons (Fsp3) is 0.667. The third-order valence-electron chi connectivity index (χ3n) is 5.00. The Bertz CT molecular complexity index is 639. The largest absolute Gasteiger partial charge is 0.317 e. The molecule has 2 unspecified atom stereocenters. The standard InChI is InChI=1S/C18H28ClN5OS/c1-2-14-12-22-24(13-14)18(21-11-15-7-9-20-10-8-15)23-26(25)17-6-4-3-5-16(17)19/h4,6,12,14-15,20H,2-3,5,7-11,13H2,1H3,(H,21,23). The molecule has 0 radical (unpaired) electrons. The minimum atomic E-state index is -1.43. The highest BCUT2D eigenvalue weighted by Crippen LogP contribution is 2.24. The van der Waals surface area contributed by atoms with Crippen LogP contribution >= 0.6 is 11.6 Å². The zero-order valence-electron chi connectivity index (χ0n) is 15.3. The highest BCUT2D eigenvalue weighted by molar-refractivity contribution is 7.88. The average molecular weight is 398 g/mol. The first-order valence-corrected chi connectivity index (χ1v) is 11.0. The van der Waals surface area contributed by atoms with Crippen LogP contribution in [0.25, 0.3) is 0 Å². The van der Waals surface area contributed by atoms with Gasteiger partial charge in [-0.1, -0.05) is 24.6 Å². The molecule has 3 aliphatic rings. The van der Waals surface area contributed by atoms with Crippen LogP contribution in [0.4, 0.5) is 0 Å². The van der Waals surface area contributed by atoms with Gasteiger partial charge in [0.25, 0.3) is 0 Å². The number of guanidine groups is 1. The maximum absolute atomic E-state index is 12.8. The van der Waals surface area contributed by atoms with E-state index in [2.05, 4.69) is 22.1 Å². The van der Waals surface area contributed by atoms with Crippen LogP contribution in [0.5, 0.6) is 0 Å². The quantitative estimate of drug-likeness (QED) is 0.553. The van der Waals surface area contributed by atoms with Gasteiger partial charge in [-0.15, -0.1) is 0 Å². The molecule has 6 nitrogen and oxygen atoms in total. The Kier molecular flexibility index (Phi) is 7.28. The third-order valence-corrected chi connectivity index (χ3v) is 6.66. The number of aliphatic imine (C=N–C) groups is 1. The van der Waals surface area contributed by atoms with Crippen LogP contribution in [0.15, 0.2) is 32.2 Å². The Balaban J connectivity index is 1.71. The number of allylic oxidation sites excluding steroid dienone is 3. The first-order valence-electron chi connectivity index (χ1n) is 9.47. The van der Waals surface area contributed by atoms with E-state index in [1.165, 1.54) is 0 Å². The molecule has 0 aromatic carbocycles. The first-order chi connectivity index (χ1) is 12.7. The summed E-state index contributed by atoms with van der Waals surface area (Å²) in [4.78, 5) is 5.41. The van der Waals surface area contributed by atoms with Gasteiger partial charge in [-0.05, 0) is 57.2 Å². The molecule has 26 heavy (non-hydrogen) atoms. The maximum atomic E-state index is 12.8. The van der Waals surface area contributed by atoms with E-state index in [1.54, 1.807) is 0 Å². The molecule has 0 amide bonds. The van der Waals surface area contributed by atoms with Crippen molar-refractivity contribution in [3.8, 4) is 0 Å². The van der Waals surface area contributed by atoms with Crippen molar-refractivity contribution in [2.75, 3.05) is 26.2 Å². The van der Waals surface area contributed by atoms with Crippen LogP contribution < -0.4 is 10.0 Å². The molecule has 0 spiro atoms. The fourth-order valence-corrected chi connectivity index (χ4v) is 4.58. The van der Waals surface area contributed by atoms with E-state index in [4.69, 9.17) is 16.6 Å². The highest BCUT2D eigenvalue weighted by Gasteiger charge is 2.24. The van der Waals surface area contributed by atoms with Crippen molar-refractivity contribution in [2.45, 2.75) is 39.0 Å². The van der Waals surface area contributed by atoms with Crippen molar-refractivity contribution in [1.82, 2.24) is 15.0 Å². The van der Waals surface area contributed by atoms with Gasteiger partial charge in [0, 0.05) is 23.7 Å². The SMILES string of the molecule is CCC1C=NN(C(=NCC2CCNCC2)NS(=O)C2=C(Cl)CCC=C2)C1. The summed E-state index contributed by atoms with van der Waals surface area (Å²) in [5.41, 5.74) is 0. The molecule has 2 N–H and O–H groups in total. The van der Waals surface area contributed by atoms with Crippen LogP contribution in [0.3, 0.4) is 0 Å². The van der Waals surface area contributed by atoms with Gasteiger partial charge in [0.2, 0.25) is 5.96 Å². The molecule has 1 aliphatic carbocycles. The number of hydrogen-bond acceptors (Lipinski definition) is 4. The Labute approximate surface area is 163 Å². The normalized spacial score (nSPS) is 25.8. The maximum Gasteiger partial charge on any atom is 0.227 e. The third kappa shape index (κ3) is 5.18. The number of piperidine rings is 1. The summed E-state index contributed by atoms with van der Waals surface area (Å²) in [6.45, 7) is 5.74. The van der Waals surface area contributed by atoms with Crippen molar-refractivity contribution >= 4 is 34.8 Å². The summed E-state index contributed by atoms with van der Waals surface area (Å²) in [6, 6.07) is 0. The molecule has 0 saturated carbocycles. The van der Waals surface area contributed by atoms with Crippen molar-refractivity contribution in [2.24, 2.45) is 21.9 Å². The number of halogens is 1. The van der Waals surface area contributed by atoms with Crippen LogP contribution in [-0.4, -0.2) is 47.6 Å². The zero-order chi connectivity index (χ0) is 18.4. The number of nitrogens with zero attached hydrogens (tertiary/aromatic N) is 3. The van der Waals surface area contributed by atoms with Gasteiger partial charge >= 0.3 is 0 Å². The predicted molar refractivity (Wildman–Crippen MR) is 109 cm³/mol. The molecular formula is C18H28ClN5OS. The van der Waals surface area contributed by atoms with Gasteiger partial charge in [0.1, 0.15) is 0 Å². The summed E-state index contributed by atoms with van der Waals surface area (Å²) >= 11 is 6.27. The molecule has 3 rings (SSSR count). The summed E-state index contributed by atoms with van der Waals surface area (Å²) in [6.07, 6.45) is 10.7. The molecule has 2 heterocycles. The number of rotatable bonds is 5. The Morgan fingerprint density at radius 1 is 1.50 bits per heavy atom. The molecule has 0 aromatic rings. The molecular weight excluding hydrogens is 370 g/mol. The molecule has 1 saturated heterocycles. The van der Waals surface area contributed by atoms with Gasteiger partial charge in [0.05, 0.1) is 11.4 Å². The Hall–Kier alpha value is -1.18. The molecule has 1 fully saturated rings. The lowest BCUT2D eigenvalue weighted by atomic mass is 9.99. The number of nitrogens with one attached hydrogen (secondary N) is 2. The lowest BCUT2D eigenvalue weighted by Gasteiger charge is -2.23. The van der Waals surface area contributed by atoms with Crippen molar-refractivity contribution in [1.29, 1.82) is 0 Å². The minimum Gasteiger partial charge on any atom is -0.317 e. The summed E-state index contributed by atoms with van der Waals surface area (Å²) in [5.74, 6) is 1.56. The highest BCUT2D eigenvalue weighted by atomic mass is 35.5. The van der Waals surface area contributed by atoms with Crippen molar-refractivity contribution in [3.05, 3.63) is 22.1 Å². The second-order valence-electron chi connectivity index (χ2n) is 6.95.